The standard InChI is InChI=1S/C13H26N4O/c1-11(2)8-17-13(15-10-16-17)7-14-5-6-18-9-12(3)4/h10-12,14H,5-9H2,1-4H3. The molecular formula is C13H26N4O. The van der Waals surface area contributed by atoms with Gasteiger partial charge in [-0.25, -0.2) is 9.67 Å². The average Bonchev–Trinajstić information content (AvgIpc) is 2.69. The molecule has 0 saturated carbocycles. The zero-order chi connectivity index (χ0) is 13.4. The van der Waals surface area contributed by atoms with Crippen molar-refractivity contribution in [3.8, 4) is 0 Å². The molecule has 0 spiro atoms. The molecule has 1 aromatic heterocycles. The second kappa shape index (κ2) is 8.21. The van der Waals surface area contributed by atoms with Gasteiger partial charge < -0.3 is 10.1 Å². The largest absolute Gasteiger partial charge is 0.380 e. The lowest BCUT2D eigenvalue weighted by Crippen LogP contribution is -2.23. The Hall–Kier alpha value is -0.940. The van der Waals surface area contributed by atoms with E-state index in [1.807, 2.05) is 4.68 Å². The van der Waals surface area contributed by atoms with Gasteiger partial charge in [-0.3, -0.25) is 0 Å². The number of nitrogens with one attached hydrogen (secondary N) is 1. The topological polar surface area (TPSA) is 52.0 Å². The summed E-state index contributed by atoms with van der Waals surface area (Å²) >= 11 is 0. The van der Waals surface area contributed by atoms with Crippen LogP contribution in [0, 0.1) is 11.8 Å². The summed E-state index contributed by atoms with van der Waals surface area (Å²) in [6, 6.07) is 0. The van der Waals surface area contributed by atoms with E-state index < -0.39 is 0 Å². The number of aromatic nitrogens is 3. The Labute approximate surface area is 110 Å². The van der Waals surface area contributed by atoms with Crippen molar-refractivity contribution in [3.63, 3.8) is 0 Å². The third kappa shape index (κ3) is 6.12. The molecule has 0 aliphatic heterocycles. The van der Waals surface area contributed by atoms with Gasteiger partial charge in [0.05, 0.1) is 13.2 Å². The molecule has 0 radical (unpaired) electrons. The Kier molecular flexibility index (Phi) is 6.90. The molecule has 0 saturated heterocycles. The fraction of sp³-hybridized carbons (Fsp3) is 0.846. The zero-order valence-electron chi connectivity index (χ0n) is 12.0. The van der Waals surface area contributed by atoms with Crippen LogP contribution in [-0.4, -0.2) is 34.5 Å². The van der Waals surface area contributed by atoms with Crippen LogP contribution in [0.25, 0.3) is 0 Å². The normalized spacial score (nSPS) is 11.7. The molecule has 1 N–H and O–H groups in total. The highest BCUT2D eigenvalue weighted by molar-refractivity contribution is 4.83. The molecule has 0 fully saturated rings. The van der Waals surface area contributed by atoms with Gasteiger partial charge >= 0.3 is 0 Å². The molecular weight excluding hydrogens is 228 g/mol. The first-order valence-corrected chi connectivity index (χ1v) is 6.74. The highest BCUT2D eigenvalue weighted by atomic mass is 16.5. The molecule has 5 nitrogen and oxygen atoms in total. The maximum absolute atomic E-state index is 5.50. The summed E-state index contributed by atoms with van der Waals surface area (Å²) in [5.74, 6) is 2.17. The van der Waals surface area contributed by atoms with Gasteiger partial charge in [-0.05, 0) is 11.8 Å². The van der Waals surface area contributed by atoms with Crippen LogP contribution < -0.4 is 5.32 Å². The van der Waals surface area contributed by atoms with Crippen molar-refractivity contribution in [2.75, 3.05) is 19.8 Å². The Balaban J connectivity index is 2.17. The van der Waals surface area contributed by atoms with Gasteiger partial charge in [0.25, 0.3) is 0 Å². The molecule has 1 heterocycles. The van der Waals surface area contributed by atoms with Crippen molar-refractivity contribution >= 4 is 0 Å². The molecule has 0 atom stereocenters. The van der Waals surface area contributed by atoms with Crippen LogP contribution >= 0.6 is 0 Å². The maximum Gasteiger partial charge on any atom is 0.140 e. The van der Waals surface area contributed by atoms with Crippen molar-refractivity contribution in [2.24, 2.45) is 11.8 Å². The number of nitrogens with zero attached hydrogens (tertiary/aromatic N) is 3. The predicted molar refractivity (Wildman–Crippen MR) is 72.2 cm³/mol. The predicted octanol–water partition coefficient (Wildman–Crippen LogP) is 1.70. The van der Waals surface area contributed by atoms with E-state index in [9.17, 15) is 0 Å². The number of hydrogen-bond donors (Lipinski definition) is 1. The molecule has 18 heavy (non-hydrogen) atoms. The van der Waals surface area contributed by atoms with Crippen LogP contribution in [-0.2, 0) is 17.8 Å². The Bertz CT molecular complexity index is 323. The van der Waals surface area contributed by atoms with Crippen LogP contribution in [0.3, 0.4) is 0 Å². The van der Waals surface area contributed by atoms with Crippen molar-refractivity contribution in [1.29, 1.82) is 0 Å². The van der Waals surface area contributed by atoms with Crippen LogP contribution in [0.5, 0.6) is 0 Å². The lowest BCUT2D eigenvalue weighted by atomic mass is 10.2. The smallest absolute Gasteiger partial charge is 0.140 e. The van der Waals surface area contributed by atoms with E-state index in [1.165, 1.54) is 0 Å². The second-order valence-electron chi connectivity index (χ2n) is 5.40. The first-order valence-electron chi connectivity index (χ1n) is 6.74. The number of ether oxygens (including phenoxy) is 1. The molecule has 0 aliphatic rings. The minimum absolute atomic E-state index is 0.583. The van der Waals surface area contributed by atoms with Crippen LogP contribution in [0.4, 0.5) is 0 Å². The Morgan fingerprint density at radius 2 is 2.06 bits per heavy atom. The van der Waals surface area contributed by atoms with Gasteiger partial charge in [0.1, 0.15) is 12.2 Å². The monoisotopic (exact) mass is 254 g/mol. The van der Waals surface area contributed by atoms with Gasteiger partial charge in [0.15, 0.2) is 0 Å². The SMILES string of the molecule is CC(C)COCCNCc1ncnn1CC(C)C. The van der Waals surface area contributed by atoms with Crippen molar-refractivity contribution in [3.05, 3.63) is 12.2 Å². The summed E-state index contributed by atoms with van der Waals surface area (Å²) < 4.78 is 7.47. The second-order valence-corrected chi connectivity index (χ2v) is 5.40. The molecule has 0 aliphatic carbocycles. The summed E-state index contributed by atoms with van der Waals surface area (Å²) in [6.07, 6.45) is 1.62. The van der Waals surface area contributed by atoms with Gasteiger partial charge in [-0.15, -0.1) is 0 Å². The highest BCUT2D eigenvalue weighted by Gasteiger charge is 2.05. The van der Waals surface area contributed by atoms with Gasteiger partial charge in [-0.2, -0.15) is 5.10 Å². The number of hydrogen-bond acceptors (Lipinski definition) is 4. The molecule has 0 aromatic carbocycles. The lowest BCUT2D eigenvalue weighted by Gasteiger charge is -2.10. The highest BCUT2D eigenvalue weighted by Crippen LogP contribution is 2.00. The first-order chi connectivity index (χ1) is 8.59. The fourth-order valence-corrected chi connectivity index (χ4v) is 1.59. The van der Waals surface area contributed by atoms with E-state index in [0.717, 1.165) is 38.7 Å². The molecule has 104 valence electrons. The summed E-state index contributed by atoms with van der Waals surface area (Å²) in [7, 11) is 0. The van der Waals surface area contributed by atoms with E-state index in [-0.39, 0.29) is 0 Å². The number of rotatable bonds is 9. The van der Waals surface area contributed by atoms with Gasteiger partial charge in [0, 0.05) is 19.7 Å². The van der Waals surface area contributed by atoms with E-state index in [1.54, 1.807) is 6.33 Å². The molecule has 1 rings (SSSR count). The van der Waals surface area contributed by atoms with Crippen molar-refractivity contribution in [1.82, 2.24) is 20.1 Å². The summed E-state index contributed by atoms with van der Waals surface area (Å²) in [4.78, 5) is 4.26. The van der Waals surface area contributed by atoms with Gasteiger partial charge in [0.2, 0.25) is 0 Å². The third-order valence-electron chi connectivity index (χ3n) is 2.39. The van der Waals surface area contributed by atoms with Crippen LogP contribution in [0.1, 0.15) is 33.5 Å². The van der Waals surface area contributed by atoms with E-state index >= 15 is 0 Å². The molecule has 5 heteroatoms. The van der Waals surface area contributed by atoms with Crippen LogP contribution in [0.2, 0.25) is 0 Å². The van der Waals surface area contributed by atoms with E-state index in [2.05, 4.69) is 43.1 Å². The van der Waals surface area contributed by atoms with Crippen molar-refractivity contribution in [2.45, 2.75) is 40.8 Å². The van der Waals surface area contributed by atoms with Crippen molar-refractivity contribution < 1.29 is 4.74 Å². The zero-order valence-corrected chi connectivity index (χ0v) is 12.0. The maximum atomic E-state index is 5.50. The van der Waals surface area contributed by atoms with Gasteiger partial charge in [-0.1, -0.05) is 27.7 Å². The average molecular weight is 254 g/mol. The third-order valence-corrected chi connectivity index (χ3v) is 2.39. The summed E-state index contributed by atoms with van der Waals surface area (Å²) in [5.41, 5.74) is 0. The molecule has 0 unspecified atom stereocenters. The Morgan fingerprint density at radius 1 is 1.28 bits per heavy atom. The molecule has 0 bridgehead atoms. The minimum atomic E-state index is 0.583. The molecule has 0 amide bonds. The Morgan fingerprint density at radius 3 is 2.72 bits per heavy atom. The lowest BCUT2D eigenvalue weighted by molar-refractivity contribution is 0.111. The van der Waals surface area contributed by atoms with E-state index in [0.29, 0.717) is 11.8 Å². The van der Waals surface area contributed by atoms with E-state index in [4.69, 9.17) is 4.74 Å². The fourth-order valence-electron chi connectivity index (χ4n) is 1.59. The first kappa shape index (κ1) is 15.1. The quantitative estimate of drug-likeness (QED) is 0.681. The summed E-state index contributed by atoms with van der Waals surface area (Å²) in [6.45, 7) is 12.8. The van der Waals surface area contributed by atoms with Crippen LogP contribution in [0.15, 0.2) is 6.33 Å². The molecule has 1 aromatic rings. The minimum Gasteiger partial charge on any atom is -0.380 e. The summed E-state index contributed by atoms with van der Waals surface area (Å²) in [5, 5.41) is 7.56.